The van der Waals surface area contributed by atoms with E-state index in [1.54, 1.807) is 6.07 Å². The second-order valence-electron chi connectivity index (χ2n) is 3.94. The van der Waals surface area contributed by atoms with Crippen LogP contribution in [0.4, 0.5) is 5.69 Å². The normalized spacial score (nSPS) is 10.3. The highest BCUT2D eigenvalue weighted by Gasteiger charge is 2.13. The number of amides is 1. The van der Waals surface area contributed by atoms with Crippen molar-refractivity contribution in [3.05, 3.63) is 57.8 Å². The number of pyridine rings is 1. The van der Waals surface area contributed by atoms with Gasteiger partial charge in [-0.25, -0.2) is 4.98 Å². The summed E-state index contributed by atoms with van der Waals surface area (Å²) in [5.41, 5.74) is 2.15. The Morgan fingerprint density at radius 2 is 1.95 bits per heavy atom. The van der Waals surface area contributed by atoms with Gasteiger partial charge in [-0.15, -0.1) is 0 Å². The molecule has 98 valence electrons. The number of para-hydroxylation sites is 1. The minimum absolute atomic E-state index is 0.0963. The molecule has 0 saturated carbocycles. The molecule has 2 aromatic rings. The molecule has 19 heavy (non-hydrogen) atoms. The third-order valence-corrected chi connectivity index (χ3v) is 3.20. The maximum atomic E-state index is 12.1. The zero-order valence-corrected chi connectivity index (χ0v) is 11.8. The summed E-state index contributed by atoms with van der Waals surface area (Å²) in [5, 5.41) is 3.19. The second-order valence-corrected chi connectivity index (χ2v) is 4.68. The van der Waals surface area contributed by atoms with Crippen LogP contribution in [0.2, 0.25) is 10.3 Å². The van der Waals surface area contributed by atoms with Crippen molar-refractivity contribution in [2.24, 2.45) is 0 Å². The standard InChI is InChI=1S/C14H12Cl2N2O/c1-2-9-5-3-4-6-11(9)17-14(19)10-7-8-12(15)18-13(10)16/h3-8H,2H2,1H3,(H,17,19). The van der Waals surface area contributed by atoms with Crippen molar-refractivity contribution in [3.63, 3.8) is 0 Å². The molecule has 1 N–H and O–H groups in total. The van der Waals surface area contributed by atoms with Crippen LogP contribution in [-0.2, 0) is 6.42 Å². The van der Waals surface area contributed by atoms with Gasteiger partial charge in [0.05, 0.1) is 5.56 Å². The fourth-order valence-corrected chi connectivity index (χ4v) is 2.15. The Hall–Kier alpha value is -1.58. The Morgan fingerprint density at radius 3 is 2.63 bits per heavy atom. The number of aryl methyl sites for hydroxylation is 1. The molecule has 3 nitrogen and oxygen atoms in total. The molecule has 0 fully saturated rings. The van der Waals surface area contributed by atoms with E-state index in [4.69, 9.17) is 23.2 Å². The summed E-state index contributed by atoms with van der Waals surface area (Å²) in [6.07, 6.45) is 0.836. The van der Waals surface area contributed by atoms with E-state index in [-0.39, 0.29) is 16.2 Å². The molecule has 0 saturated heterocycles. The minimum Gasteiger partial charge on any atom is -0.322 e. The van der Waals surface area contributed by atoms with Crippen LogP contribution in [0.5, 0.6) is 0 Å². The average Bonchev–Trinajstić information content (AvgIpc) is 2.39. The molecule has 0 aliphatic rings. The molecule has 5 heteroatoms. The highest BCUT2D eigenvalue weighted by Crippen LogP contribution is 2.20. The Bertz CT molecular complexity index is 614. The molecular weight excluding hydrogens is 283 g/mol. The second kappa shape index (κ2) is 6.04. The number of halogens is 2. The van der Waals surface area contributed by atoms with Crippen molar-refractivity contribution in [2.45, 2.75) is 13.3 Å². The Balaban J connectivity index is 2.26. The van der Waals surface area contributed by atoms with E-state index >= 15 is 0 Å². The van der Waals surface area contributed by atoms with E-state index < -0.39 is 0 Å². The van der Waals surface area contributed by atoms with Crippen molar-refractivity contribution in [3.8, 4) is 0 Å². The number of carbonyl (C=O) groups is 1. The number of rotatable bonds is 3. The number of aromatic nitrogens is 1. The van der Waals surface area contributed by atoms with Crippen LogP contribution in [-0.4, -0.2) is 10.9 Å². The van der Waals surface area contributed by atoms with Crippen LogP contribution in [0.25, 0.3) is 0 Å². The van der Waals surface area contributed by atoms with Gasteiger partial charge in [0.15, 0.2) is 0 Å². The number of nitrogens with one attached hydrogen (secondary N) is 1. The molecule has 0 bridgehead atoms. The highest BCUT2D eigenvalue weighted by molar-refractivity contribution is 6.35. The van der Waals surface area contributed by atoms with Gasteiger partial charge >= 0.3 is 0 Å². The first-order valence-electron chi connectivity index (χ1n) is 5.83. The largest absolute Gasteiger partial charge is 0.322 e. The predicted molar refractivity (Wildman–Crippen MR) is 78.0 cm³/mol. The number of hydrogen-bond donors (Lipinski definition) is 1. The summed E-state index contributed by atoms with van der Waals surface area (Å²) < 4.78 is 0. The van der Waals surface area contributed by atoms with Crippen LogP contribution < -0.4 is 5.32 Å². The van der Waals surface area contributed by atoms with Crippen LogP contribution in [0.3, 0.4) is 0 Å². The first-order chi connectivity index (χ1) is 9.11. The average molecular weight is 295 g/mol. The minimum atomic E-state index is -0.296. The summed E-state index contributed by atoms with van der Waals surface area (Å²) in [6.45, 7) is 2.03. The smallest absolute Gasteiger partial charge is 0.258 e. The fourth-order valence-electron chi connectivity index (χ4n) is 1.72. The van der Waals surface area contributed by atoms with Gasteiger partial charge in [0, 0.05) is 5.69 Å². The number of nitrogens with zero attached hydrogens (tertiary/aromatic N) is 1. The van der Waals surface area contributed by atoms with Gasteiger partial charge in [0.2, 0.25) is 0 Å². The lowest BCUT2D eigenvalue weighted by molar-refractivity contribution is 0.102. The van der Waals surface area contributed by atoms with Crippen molar-refractivity contribution >= 4 is 34.8 Å². The van der Waals surface area contributed by atoms with E-state index in [1.165, 1.54) is 6.07 Å². The molecule has 0 aliphatic heterocycles. The van der Waals surface area contributed by atoms with Crippen molar-refractivity contribution in [2.75, 3.05) is 5.32 Å². The van der Waals surface area contributed by atoms with Gasteiger partial charge in [-0.1, -0.05) is 48.3 Å². The van der Waals surface area contributed by atoms with Gasteiger partial charge < -0.3 is 5.32 Å². The Labute approximate surface area is 121 Å². The van der Waals surface area contributed by atoms with Crippen molar-refractivity contribution < 1.29 is 4.79 Å². The zero-order valence-electron chi connectivity index (χ0n) is 10.3. The van der Waals surface area contributed by atoms with Gasteiger partial charge in [-0.05, 0) is 30.2 Å². The molecule has 0 radical (unpaired) electrons. The summed E-state index contributed by atoms with van der Waals surface area (Å²) in [5.74, 6) is -0.296. The first kappa shape index (κ1) is 13.8. The van der Waals surface area contributed by atoms with Gasteiger partial charge in [-0.3, -0.25) is 4.79 Å². The molecule has 0 atom stereocenters. The Kier molecular flexibility index (Phi) is 4.40. The number of carbonyl (C=O) groups excluding carboxylic acids is 1. The van der Waals surface area contributed by atoms with E-state index in [0.717, 1.165) is 17.7 Å². The molecule has 0 unspecified atom stereocenters. The van der Waals surface area contributed by atoms with E-state index in [0.29, 0.717) is 5.56 Å². The van der Waals surface area contributed by atoms with Crippen LogP contribution >= 0.6 is 23.2 Å². The maximum absolute atomic E-state index is 12.1. The fraction of sp³-hybridized carbons (Fsp3) is 0.143. The molecular formula is C14H12Cl2N2O. The molecule has 1 aromatic heterocycles. The van der Waals surface area contributed by atoms with Gasteiger partial charge in [-0.2, -0.15) is 0 Å². The third-order valence-electron chi connectivity index (χ3n) is 2.71. The Morgan fingerprint density at radius 1 is 1.21 bits per heavy atom. The molecule has 1 heterocycles. The maximum Gasteiger partial charge on any atom is 0.258 e. The van der Waals surface area contributed by atoms with Crippen molar-refractivity contribution in [1.29, 1.82) is 0 Å². The topological polar surface area (TPSA) is 42.0 Å². The van der Waals surface area contributed by atoms with E-state index in [2.05, 4.69) is 10.3 Å². The number of anilines is 1. The monoisotopic (exact) mass is 294 g/mol. The predicted octanol–water partition coefficient (Wildman–Crippen LogP) is 4.20. The quantitative estimate of drug-likeness (QED) is 0.862. The summed E-state index contributed by atoms with van der Waals surface area (Å²) in [6, 6.07) is 10.7. The number of benzene rings is 1. The molecule has 0 aliphatic carbocycles. The molecule has 0 spiro atoms. The lowest BCUT2D eigenvalue weighted by Crippen LogP contribution is -2.14. The lowest BCUT2D eigenvalue weighted by atomic mass is 10.1. The summed E-state index contributed by atoms with van der Waals surface area (Å²) >= 11 is 11.6. The lowest BCUT2D eigenvalue weighted by Gasteiger charge is -2.10. The summed E-state index contributed by atoms with van der Waals surface area (Å²) in [7, 11) is 0. The van der Waals surface area contributed by atoms with Crippen LogP contribution in [0.15, 0.2) is 36.4 Å². The molecule has 1 aromatic carbocycles. The van der Waals surface area contributed by atoms with Crippen LogP contribution in [0, 0.1) is 0 Å². The summed E-state index contributed by atoms with van der Waals surface area (Å²) in [4.78, 5) is 16.0. The first-order valence-corrected chi connectivity index (χ1v) is 6.58. The zero-order chi connectivity index (χ0) is 13.8. The van der Waals surface area contributed by atoms with E-state index in [9.17, 15) is 4.79 Å². The molecule has 1 amide bonds. The van der Waals surface area contributed by atoms with Gasteiger partial charge in [0.1, 0.15) is 10.3 Å². The van der Waals surface area contributed by atoms with E-state index in [1.807, 2.05) is 31.2 Å². The number of hydrogen-bond acceptors (Lipinski definition) is 2. The highest BCUT2D eigenvalue weighted by atomic mass is 35.5. The van der Waals surface area contributed by atoms with Crippen LogP contribution in [0.1, 0.15) is 22.8 Å². The third kappa shape index (κ3) is 3.25. The SMILES string of the molecule is CCc1ccccc1NC(=O)c1ccc(Cl)nc1Cl. The van der Waals surface area contributed by atoms with Gasteiger partial charge in [0.25, 0.3) is 5.91 Å². The molecule has 2 rings (SSSR count). The van der Waals surface area contributed by atoms with Crippen molar-refractivity contribution in [1.82, 2.24) is 4.98 Å².